The predicted octanol–water partition coefficient (Wildman–Crippen LogP) is 3.23. The van der Waals surface area contributed by atoms with Crippen LogP contribution in [-0.4, -0.2) is 22.8 Å². The molecule has 1 amide bonds. The molecular weight excluding hydrogens is 328 g/mol. The van der Waals surface area contributed by atoms with Crippen molar-refractivity contribution in [2.24, 2.45) is 0 Å². The molecule has 3 rings (SSSR count). The highest BCUT2D eigenvalue weighted by molar-refractivity contribution is 6.31. The topological polar surface area (TPSA) is 82.2 Å². The molecule has 0 spiro atoms. The molecule has 3 N–H and O–H groups in total. The van der Waals surface area contributed by atoms with Crippen molar-refractivity contribution in [3.8, 4) is 5.75 Å². The number of fused-ring (bicyclic) bond motifs is 1. The van der Waals surface area contributed by atoms with Crippen LogP contribution in [0.5, 0.6) is 5.75 Å². The van der Waals surface area contributed by atoms with Crippen LogP contribution in [0.3, 0.4) is 0 Å². The summed E-state index contributed by atoms with van der Waals surface area (Å²) in [7, 11) is 1.53. The number of hydrogen-bond acceptors (Lipinski definition) is 4. The molecule has 0 radical (unpaired) electrons. The van der Waals surface area contributed by atoms with Crippen LogP contribution >= 0.6 is 11.6 Å². The zero-order valence-electron chi connectivity index (χ0n) is 13.3. The lowest BCUT2D eigenvalue weighted by Gasteiger charge is -2.12. The largest absolute Gasteiger partial charge is 0.495 e. The number of carbonyl (C=O) groups excluding carboxylic acids is 1. The van der Waals surface area contributed by atoms with Crippen molar-refractivity contribution in [3.05, 3.63) is 47.1 Å². The van der Waals surface area contributed by atoms with E-state index >= 15 is 0 Å². The normalized spacial score (nSPS) is 10.8. The second kappa shape index (κ2) is 6.41. The predicted molar refractivity (Wildman–Crippen MR) is 95.5 cm³/mol. The maximum atomic E-state index is 12.4. The van der Waals surface area contributed by atoms with E-state index in [1.807, 2.05) is 13.0 Å². The van der Waals surface area contributed by atoms with Crippen molar-refractivity contribution in [2.75, 3.05) is 18.2 Å². The number of methoxy groups -OCH3 is 1. The van der Waals surface area contributed by atoms with Crippen LogP contribution < -0.4 is 15.8 Å². The van der Waals surface area contributed by atoms with Gasteiger partial charge in [0.15, 0.2) is 0 Å². The second-order valence-electron chi connectivity index (χ2n) is 5.47. The third-order valence-corrected chi connectivity index (χ3v) is 4.12. The van der Waals surface area contributed by atoms with E-state index in [2.05, 4.69) is 10.4 Å². The quantitative estimate of drug-likeness (QED) is 0.712. The van der Waals surface area contributed by atoms with Gasteiger partial charge in [-0.05, 0) is 36.8 Å². The van der Waals surface area contributed by atoms with E-state index in [1.54, 1.807) is 35.1 Å². The van der Waals surface area contributed by atoms with Gasteiger partial charge in [0.1, 0.15) is 12.3 Å². The number of rotatable bonds is 4. The van der Waals surface area contributed by atoms with Crippen molar-refractivity contribution in [3.63, 3.8) is 0 Å². The summed E-state index contributed by atoms with van der Waals surface area (Å²) in [5.41, 5.74) is 8.66. The Morgan fingerprint density at radius 3 is 2.92 bits per heavy atom. The van der Waals surface area contributed by atoms with Gasteiger partial charge in [-0.2, -0.15) is 5.10 Å². The monoisotopic (exact) mass is 344 g/mol. The number of carbonyl (C=O) groups is 1. The minimum absolute atomic E-state index is 0.0672. The fourth-order valence-electron chi connectivity index (χ4n) is 2.47. The van der Waals surface area contributed by atoms with Crippen molar-refractivity contribution >= 4 is 39.8 Å². The lowest BCUT2D eigenvalue weighted by Crippen LogP contribution is -2.20. The molecule has 0 saturated carbocycles. The molecular formula is C17H17ClN4O2. The number of nitrogens with one attached hydrogen (secondary N) is 1. The Labute approximate surface area is 144 Å². The van der Waals surface area contributed by atoms with Crippen molar-refractivity contribution in [2.45, 2.75) is 13.5 Å². The first-order chi connectivity index (χ1) is 11.5. The van der Waals surface area contributed by atoms with Crippen LogP contribution in [0, 0.1) is 6.92 Å². The summed E-state index contributed by atoms with van der Waals surface area (Å²) in [5.74, 6) is 0.288. The number of aryl methyl sites for hydroxylation is 1. The van der Waals surface area contributed by atoms with Crippen molar-refractivity contribution in [1.82, 2.24) is 9.78 Å². The average Bonchev–Trinajstić information content (AvgIpc) is 2.92. The second-order valence-corrected chi connectivity index (χ2v) is 5.88. The number of anilines is 2. The first-order valence-corrected chi connectivity index (χ1v) is 7.71. The Hall–Kier alpha value is -2.73. The summed E-state index contributed by atoms with van der Waals surface area (Å²) < 4.78 is 6.87. The average molecular weight is 345 g/mol. The number of hydrogen-bond donors (Lipinski definition) is 2. The van der Waals surface area contributed by atoms with Gasteiger partial charge in [0.05, 0.1) is 24.5 Å². The van der Waals surface area contributed by atoms with E-state index in [9.17, 15) is 4.79 Å². The fraction of sp³-hybridized carbons (Fsp3) is 0.176. The van der Waals surface area contributed by atoms with E-state index in [1.165, 1.54) is 7.11 Å². The third kappa shape index (κ3) is 3.14. The van der Waals surface area contributed by atoms with Crippen molar-refractivity contribution in [1.29, 1.82) is 0 Å². The fourth-order valence-corrected chi connectivity index (χ4v) is 2.62. The van der Waals surface area contributed by atoms with Crippen LogP contribution in [0.25, 0.3) is 10.9 Å². The maximum Gasteiger partial charge on any atom is 0.246 e. The van der Waals surface area contributed by atoms with Gasteiger partial charge < -0.3 is 15.8 Å². The van der Waals surface area contributed by atoms with E-state index in [4.69, 9.17) is 22.1 Å². The number of benzene rings is 2. The van der Waals surface area contributed by atoms with Gasteiger partial charge in [-0.1, -0.05) is 11.6 Å². The molecule has 0 bridgehead atoms. The van der Waals surface area contributed by atoms with Gasteiger partial charge in [-0.25, -0.2) is 0 Å². The van der Waals surface area contributed by atoms with Gasteiger partial charge in [0, 0.05) is 22.2 Å². The summed E-state index contributed by atoms with van der Waals surface area (Å²) in [6.07, 6.45) is 1.70. The summed E-state index contributed by atoms with van der Waals surface area (Å²) in [5, 5.41) is 8.58. The Balaban J connectivity index is 1.83. The van der Waals surface area contributed by atoms with Gasteiger partial charge in [-0.3, -0.25) is 9.48 Å². The molecule has 0 unspecified atom stereocenters. The number of amides is 1. The minimum atomic E-state index is -0.220. The molecule has 0 aliphatic rings. The molecule has 1 heterocycles. The number of aromatic nitrogens is 2. The van der Waals surface area contributed by atoms with Gasteiger partial charge in [-0.15, -0.1) is 0 Å². The molecule has 0 saturated heterocycles. The highest BCUT2D eigenvalue weighted by Crippen LogP contribution is 2.31. The van der Waals surface area contributed by atoms with E-state index in [-0.39, 0.29) is 12.5 Å². The third-order valence-electron chi connectivity index (χ3n) is 3.72. The molecule has 1 aromatic heterocycles. The van der Waals surface area contributed by atoms with E-state index < -0.39 is 0 Å². The highest BCUT2D eigenvalue weighted by Gasteiger charge is 2.12. The first kappa shape index (κ1) is 16.1. The number of ether oxygens (including phenoxy) is 1. The number of nitrogen functional groups attached to an aromatic ring is 1. The summed E-state index contributed by atoms with van der Waals surface area (Å²) in [6, 6.07) is 8.92. The first-order valence-electron chi connectivity index (χ1n) is 7.33. The Kier molecular flexibility index (Phi) is 4.31. The molecule has 2 aromatic carbocycles. The van der Waals surface area contributed by atoms with Crippen molar-refractivity contribution < 1.29 is 9.53 Å². The molecule has 7 heteroatoms. The van der Waals surface area contributed by atoms with Crippen LogP contribution in [0.2, 0.25) is 5.02 Å². The zero-order valence-corrected chi connectivity index (χ0v) is 14.1. The lowest BCUT2D eigenvalue weighted by atomic mass is 10.2. The van der Waals surface area contributed by atoms with E-state index in [0.29, 0.717) is 22.1 Å². The van der Waals surface area contributed by atoms with Crippen LogP contribution in [0.15, 0.2) is 36.5 Å². The number of nitrogens with two attached hydrogens (primary N) is 1. The van der Waals surface area contributed by atoms with Crippen LogP contribution in [0.1, 0.15) is 5.56 Å². The zero-order chi connectivity index (χ0) is 17.3. The van der Waals surface area contributed by atoms with Crippen LogP contribution in [-0.2, 0) is 11.3 Å². The Morgan fingerprint density at radius 1 is 1.38 bits per heavy atom. The minimum Gasteiger partial charge on any atom is -0.495 e. The molecule has 6 nitrogen and oxygen atoms in total. The molecule has 24 heavy (non-hydrogen) atoms. The molecule has 0 fully saturated rings. The van der Waals surface area contributed by atoms with Gasteiger partial charge in [0.2, 0.25) is 5.91 Å². The summed E-state index contributed by atoms with van der Waals surface area (Å²) in [6.45, 7) is 1.93. The van der Waals surface area contributed by atoms with E-state index in [0.717, 1.165) is 16.5 Å². The summed E-state index contributed by atoms with van der Waals surface area (Å²) in [4.78, 5) is 12.4. The smallest absolute Gasteiger partial charge is 0.246 e. The number of halogens is 1. The highest BCUT2D eigenvalue weighted by atomic mass is 35.5. The van der Waals surface area contributed by atoms with Crippen LogP contribution in [0.4, 0.5) is 11.4 Å². The molecule has 0 atom stereocenters. The standard InChI is InChI=1S/C17H17ClN4O2/c1-10-5-14(16(24-2)7-13(10)18)21-17(23)9-22-15-6-12(19)4-3-11(15)8-20-22/h3-8H,9,19H2,1-2H3,(H,21,23). The molecule has 3 aromatic rings. The van der Waals surface area contributed by atoms with Gasteiger partial charge >= 0.3 is 0 Å². The SMILES string of the molecule is COc1cc(Cl)c(C)cc1NC(=O)Cn1ncc2ccc(N)cc21. The summed E-state index contributed by atoms with van der Waals surface area (Å²) >= 11 is 6.08. The number of nitrogens with zero attached hydrogens (tertiary/aromatic N) is 2. The van der Waals surface area contributed by atoms with Gasteiger partial charge in [0.25, 0.3) is 0 Å². The lowest BCUT2D eigenvalue weighted by molar-refractivity contribution is -0.116. The molecule has 0 aliphatic heterocycles. The Morgan fingerprint density at radius 2 is 2.17 bits per heavy atom. The Bertz CT molecular complexity index is 920. The molecule has 124 valence electrons. The maximum absolute atomic E-state index is 12.4. The molecule has 0 aliphatic carbocycles.